The quantitative estimate of drug-likeness (QED) is 0.156. The molecule has 10 heteroatoms. The van der Waals surface area contributed by atoms with Gasteiger partial charge in [0.2, 0.25) is 0 Å². The summed E-state index contributed by atoms with van der Waals surface area (Å²) in [5.74, 6) is 0.139. The van der Waals surface area contributed by atoms with Gasteiger partial charge >= 0.3 is 12.4 Å². The molecule has 0 heterocycles. The Labute approximate surface area is 251 Å². The fraction of sp³-hybridized carbons (Fsp3) is 0.758. The molecule has 3 rings (SSSR count). The maximum absolute atomic E-state index is 13.4. The Morgan fingerprint density at radius 2 is 1.58 bits per heavy atom. The summed E-state index contributed by atoms with van der Waals surface area (Å²) in [5.41, 5.74) is -4.25. The first-order valence-electron chi connectivity index (χ1n) is 15.2. The van der Waals surface area contributed by atoms with Crippen LogP contribution in [0.25, 0.3) is 0 Å². The smallest absolute Gasteiger partial charge is 0.393 e. The van der Waals surface area contributed by atoms with Crippen LogP contribution in [0.2, 0.25) is 0 Å². The van der Waals surface area contributed by atoms with Crippen molar-refractivity contribution in [2.24, 2.45) is 22.7 Å². The first kappa shape index (κ1) is 35.9. The Hall–Kier alpha value is -1.62. The maximum Gasteiger partial charge on any atom is 0.429 e. The number of hydrogen-bond donors (Lipinski definition) is 4. The van der Waals surface area contributed by atoms with E-state index in [-0.39, 0.29) is 36.2 Å². The molecular formula is C33H48F6O4. The molecule has 3 aliphatic carbocycles. The van der Waals surface area contributed by atoms with Crippen LogP contribution >= 0.6 is 0 Å². The van der Waals surface area contributed by atoms with E-state index in [0.29, 0.717) is 31.3 Å². The predicted octanol–water partition coefficient (Wildman–Crippen LogP) is 7.88. The minimum atomic E-state index is -5.92. The van der Waals surface area contributed by atoms with Crippen molar-refractivity contribution in [3.63, 3.8) is 0 Å². The molecule has 246 valence electrons. The van der Waals surface area contributed by atoms with Crippen LogP contribution in [0.4, 0.5) is 26.3 Å². The highest BCUT2D eigenvalue weighted by molar-refractivity contribution is 5.38. The Balaban J connectivity index is 1.93. The number of rotatable bonds is 9. The fourth-order valence-corrected chi connectivity index (χ4v) is 8.04. The molecular weight excluding hydrogens is 574 g/mol. The number of allylic oxidation sites excluding steroid dienone is 4. The van der Waals surface area contributed by atoms with Gasteiger partial charge in [-0.05, 0) is 112 Å². The van der Waals surface area contributed by atoms with Crippen molar-refractivity contribution in [2.45, 2.75) is 134 Å². The lowest BCUT2D eigenvalue weighted by Crippen LogP contribution is -2.55. The Morgan fingerprint density at radius 1 is 0.953 bits per heavy atom. The van der Waals surface area contributed by atoms with Gasteiger partial charge in [0, 0.05) is 6.42 Å². The molecule has 0 aliphatic heterocycles. The molecule has 0 aromatic carbocycles. The third-order valence-corrected chi connectivity index (χ3v) is 10.4. The first-order valence-corrected chi connectivity index (χ1v) is 15.2. The summed E-state index contributed by atoms with van der Waals surface area (Å²) in [7, 11) is 0. The lowest BCUT2D eigenvalue weighted by atomic mass is 9.55. The third-order valence-electron chi connectivity index (χ3n) is 10.4. The number of alkyl halides is 6. The molecule has 0 saturated heterocycles. The number of aliphatic hydroxyl groups is 4. The minimum absolute atomic E-state index is 0.0223. The molecule has 43 heavy (non-hydrogen) atoms. The molecule has 3 fully saturated rings. The molecule has 6 atom stereocenters. The van der Waals surface area contributed by atoms with Gasteiger partial charge in [-0.3, -0.25) is 0 Å². The van der Waals surface area contributed by atoms with E-state index in [9.17, 15) is 46.8 Å². The zero-order chi connectivity index (χ0) is 32.6. The summed E-state index contributed by atoms with van der Waals surface area (Å²) in [4.78, 5) is 0. The SMILES string of the molecule is C=C1/C(=C\C=C2/CCC[C@@]3(C)C2CCC3C(C)(C/C=C/C(O)(C(F)(F)F)C(F)(F)F)CCCC(C)(C)O)C[C@@H](O)C[C@@H]1O. The van der Waals surface area contributed by atoms with Crippen molar-refractivity contribution < 1.29 is 46.8 Å². The van der Waals surface area contributed by atoms with Gasteiger partial charge < -0.3 is 20.4 Å². The molecule has 3 saturated carbocycles. The molecule has 0 radical (unpaired) electrons. The van der Waals surface area contributed by atoms with Crippen LogP contribution in [0.15, 0.2) is 47.6 Å². The van der Waals surface area contributed by atoms with E-state index in [4.69, 9.17) is 0 Å². The number of hydrogen-bond acceptors (Lipinski definition) is 4. The standard InChI is InChI=1S/C33H48F6O4/c1-21-23(19-24(40)20-26(21)41)11-10-22-9-6-17-30(5)25(22)12-13-27(30)29(4,15-7-14-28(2,3)42)16-8-18-31(43,32(34,35)36)33(37,38)39/h8,10-11,18,24-27,40-43H,1,6-7,9,12-17,19-20H2,2-5H3/b18-8+,22-10+,23-11-/t24-,25?,26+,27?,29?,30+/m1/s1. The zero-order valence-corrected chi connectivity index (χ0v) is 25.7. The molecule has 3 unspecified atom stereocenters. The maximum atomic E-state index is 13.4. The van der Waals surface area contributed by atoms with Gasteiger partial charge in [0.25, 0.3) is 5.60 Å². The largest absolute Gasteiger partial charge is 0.429 e. The Kier molecular flexibility index (Phi) is 10.5. The second-order valence-corrected chi connectivity index (χ2v) is 14.3. The third kappa shape index (κ3) is 7.79. The topological polar surface area (TPSA) is 80.9 Å². The van der Waals surface area contributed by atoms with Crippen molar-refractivity contribution in [3.8, 4) is 0 Å². The summed E-state index contributed by atoms with van der Waals surface area (Å²) in [6.07, 6.45) is -2.44. The molecule has 0 aromatic rings. The van der Waals surface area contributed by atoms with Crippen molar-refractivity contribution in [2.75, 3.05) is 0 Å². The number of aliphatic hydroxyl groups excluding tert-OH is 2. The minimum Gasteiger partial charge on any atom is -0.393 e. The molecule has 0 amide bonds. The molecule has 0 spiro atoms. The second-order valence-electron chi connectivity index (χ2n) is 14.3. The first-order chi connectivity index (χ1) is 19.5. The van der Waals surface area contributed by atoms with E-state index in [2.05, 4.69) is 13.5 Å². The van der Waals surface area contributed by atoms with Gasteiger partial charge in [-0.2, -0.15) is 26.3 Å². The lowest BCUT2D eigenvalue weighted by Gasteiger charge is -2.49. The Bertz CT molecular complexity index is 1080. The normalized spacial score (nSPS) is 32.9. The van der Waals surface area contributed by atoms with Gasteiger partial charge in [0.1, 0.15) is 0 Å². The molecule has 0 bridgehead atoms. The zero-order valence-electron chi connectivity index (χ0n) is 25.7. The van der Waals surface area contributed by atoms with Crippen LogP contribution in [-0.2, 0) is 0 Å². The van der Waals surface area contributed by atoms with Gasteiger partial charge in [-0.1, -0.05) is 50.6 Å². The number of fused-ring (bicyclic) bond motifs is 1. The summed E-state index contributed by atoms with van der Waals surface area (Å²) in [5, 5.41) is 40.3. The monoisotopic (exact) mass is 622 g/mol. The molecule has 0 aromatic heterocycles. The van der Waals surface area contributed by atoms with E-state index >= 15 is 0 Å². The average Bonchev–Trinajstić information content (AvgIpc) is 3.21. The summed E-state index contributed by atoms with van der Waals surface area (Å²) in [6.45, 7) is 11.4. The second kappa shape index (κ2) is 12.6. The van der Waals surface area contributed by atoms with Crippen LogP contribution in [0.5, 0.6) is 0 Å². The van der Waals surface area contributed by atoms with Crippen LogP contribution in [0, 0.1) is 22.7 Å². The number of halogens is 6. The van der Waals surface area contributed by atoms with E-state index < -0.39 is 41.2 Å². The summed E-state index contributed by atoms with van der Waals surface area (Å²) < 4.78 is 80.2. The summed E-state index contributed by atoms with van der Waals surface area (Å²) >= 11 is 0. The average molecular weight is 623 g/mol. The van der Waals surface area contributed by atoms with Crippen molar-refractivity contribution in [1.82, 2.24) is 0 Å². The molecule has 4 nitrogen and oxygen atoms in total. The van der Waals surface area contributed by atoms with Gasteiger partial charge in [0.05, 0.1) is 17.8 Å². The van der Waals surface area contributed by atoms with E-state index in [0.717, 1.165) is 43.8 Å². The molecule has 4 N–H and O–H groups in total. The fourth-order valence-electron chi connectivity index (χ4n) is 8.04. The van der Waals surface area contributed by atoms with Crippen molar-refractivity contribution in [1.29, 1.82) is 0 Å². The Morgan fingerprint density at radius 3 is 2.16 bits per heavy atom. The van der Waals surface area contributed by atoms with Crippen LogP contribution in [0.3, 0.4) is 0 Å². The van der Waals surface area contributed by atoms with Crippen LogP contribution in [0.1, 0.15) is 98.3 Å². The van der Waals surface area contributed by atoms with Gasteiger partial charge in [0.15, 0.2) is 0 Å². The van der Waals surface area contributed by atoms with Gasteiger partial charge in [-0.15, -0.1) is 0 Å². The van der Waals surface area contributed by atoms with E-state index in [1.807, 2.05) is 19.1 Å². The van der Waals surface area contributed by atoms with Crippen LogP contribution < -0.4 is 0 Å². The van der Waals surface area contributed by atoms with Gasteiger partial charge in [-0.25, -0.2) is 0 Å². The highest BCUT2D eigenvalue weighted by Gasteiger charge is 2.69. The molecule has 3 aliphatic rings. The highest BCUT2D eigenvalue weighted by Crippen LogP contribution is 2.64. The van der Waals surface area contributed by atoms with E-state index in [1.165, 1.54) is 5.57 Å². The van der Waals surface area contributed by atoms with Crippen molar-refractivity contribution in [3.05, 3.63) is 47.6 Å². The highest BCUT2D eigenvalue weighted by atomic mass is 19.4. The van der Waals surface area contributed by atoms with Crippen molar-refractivity contribution >= 4 is 0 Å². The lowest BCUT2D eigenvalue weighted by molar-refractivity contribution is -0.347. The van der Waals surface area contributed by atoms with Crippen LogP contribution in [-0.4, -0.2) is 56.2 Å². The summed E-state index contributed by atoms with van der Waals surface area (Å²) in [6, 6.07) is 0. The predicted molar refractivity (Wildman–Crippen MR) is 154 cm³/mol. The van der Waals surface area contributed by atoms with E-state index in [1.54, 1.807) is 13.8 Å².